The van der Waals surface area contributed by atoms with Crippen LogP contribution in [0.1, 0.15) is 6.92 Å². The van der Waals surface area contributed by atoms with Gasteiger partial charge in [0, 0.05) is 6.54 Å². The van der Waals surface area contributed by atoms with Gasteiger partial charge in [-0.25, -0.2) is 0 Å². The van der Waals surface area contributed by atoms with Gasteiger partial charge in [0.25, 0.3) is 0 Å². The molecule has 3 heteroatoms. The summed E-state index contributed by atoms with van der Waals surface area (Å²) in [5.74, 6) is 0.310. The molecule has 0 aromatic carbocycles. The number of Topliss-reactive ketones (excluding diaryl/α,β-unsaturated/α-hetero) is 1. The molecule has 2 unspecified atom stereocenters. The van der Waals surface area contributed by atoms with Crippen molar-refractivity contribution in [1.82, 2.24) is 10.2 Å². The molecule has 1 saturated heterocycles. The van der Waals surface area contributed by atoms with Gasteiger partial charge in [0.15, 0.2) is 5.78 Å². The smallest absolute Gasteiger partial charge is 0.167 e. The zero-order valence-electron chi connectivity index (χ0n) is 6.72. The summed E-state index contributed by atoms with van der Waals surface area (Å²) in [6.45, 7) is 2.71. The van der Waals surface area contributed by atoms with Crippen molar-refractivity contribution in [3.05, 3.63) is 0 Å². The standard InChI is InChI=1S/C7H14N2O/c1-5-7(10)6(4-8-5)9(2)3/h5-6,8H,4H2,1-3H3. The van der Waals surface area contributed by atoms with E-state index in [-0.39, 0.29) is 12.1 Å². The predicted octanol–water partition coefficient (Wildman–Crippen LogP) is -0.523. The van der Waals surface area contributed by atoms with Crippen molar-refractivity contribution >= 4 is 5.78 Å². The number of carbonyl (C=O) groups is 1. The number of ketones is 1. The van der Waals surface area contributed by atoms with Gasteiger partial charge in [0.2, 0.25) is 0 Å². The van der Waals surface area contributed by atoms with Crippen LogP contribution in [0.25, 0.3) is 0 Å². The van der Waals surface area contributed by atoms with E-state index in [0.717, 1.165) is 6.54 Å². The van der Waals surface area contributed by atoms with Gasteiger partial charge in [-0.3, -0.25) is 9.69 Å². The van der Waals surface area contributed by atoms with Crippen molar-refractivity contribution in [2.24, 2.45) is 0 Å². The fourth-order valence-corrected chi connectivity index (χ4v) is 1.22. The van der Waals surface area contributed by atoms with Gasteiger partial charge in [0.1, 0.15) is 0 Å². The highest BCUT2D eigenvalue weighted by atomic mass is 16.1. The third-order valence-corrected chi connectivity index (χ3v) is 2.00. The molecule has 0 aromatic rings. The number of rotatable bonds is 1. The lowest BCUT2D eigenvalue weighted by Crippen LogP contribution is -2.35. The number of nitrogens with zero attached hydrogens (tertiary/aromatic N) is 1. The minimum atomic E-state index is 0.0485. The van der Waals surface area contributed by atoms with Crippen LogP contribution in [-0.2, 0) is 4.79 Å². The molecule has 1 fully saturated rings. The van der Waals surface area contributed by atoms with E-state index in [1.165, 1.54) is 0 Å². The molecule has 1 heterocycles. The number of carbonyl (C=O) groups excluding carboxylic acids is 1. The Labute approximate surface area is 61.4 Å². The maximum atomic E-state index is 11.2. The summed E-state index contributed by atoms with van der Waals surface area (Å²) in [5, 5.41) is 3.11. The van der Waals surface area contributed by atoms with Gasteiger partial charge in [-0.1, -0.05) is 0 Å². The highest BCUT2D eigenvalue weighted by molar-refractivity contribution is 5.90. The molecule has 0 radical (unpaired) electrons. The molecular weight excluding hydrogens is 128 g/mol. The Hall–Kier alpha value is -0.410. The topological polar surface area (TPSA) is 32.3 Å². The first-order valence-corrected chi connectivity index (χ1v) is 3.56. The summed E-state index contributed by atoms with van der Waals surface area (Å²) in [7, 11) is 3.87. The SMILES string of the molecule is CC1NCC(N(C)C)C1=O. The van der Waals surface area contributed by atoms with Crippen molar-refractivity contribution in [1.29, 1.82) is 0 Å². The van der Waals surface area contributed by atoms with Gasteiger partial charge >= 0.3 is 0 Å². The van der Waals surface area contributed by atoms with Crippen LogP contribution in [0.15, 0.2) is 0 Å². The Morgan fingerprint density at radius 2 is 2.20 bits per heavy atom. The molecule has 0 aromatic heterocycles. The Bertz CT molecular complexity index is 145. The van der Waals surface area contributed by atoms with E-state index >= 15 is 0 Å². The van der Waals surface area contributed by atoms with Gasteiger partial charge in [0.05, 0.1) is 12.1 Å². The first-order valence-electron chi connectivity index (χ1n) is 3.56. The summed E-state index contributed by atoms with van der Waals surface area (Å²) in [6.07, 6.45) is 0. The summed E-state index contributed by atoms with van der Waals surface area (Å²) >= 11 is 0. The first-order chi connectivity index (χ1) is 4.63. The summed E-state index contributed by atoms with van der Waals surface area (Å²) in [4.78, 5) is 13.2. The second kappa shape index (κ2) is 2.68. The molecule has 0 amide bonds. The van der Waals surface area contributed by atoms with Gasteiger partial charge in [-0.05, 0) is 21.0 Å². The largest absolute Gasteiger partial charge is 0.306 e. The quantitative estimate of drug-likeness (QED) is 0.534. The van der Waals surface area contributed by atoms with E-state index in [9.17, 15) is 4.79 Å². The normalized spacial score (nSPS) is 33.8. The monoisotopic (exact) mass is 142 g/mol. The molecular formula is C7H14N2O. The Balaban J connectivity index is 2.57. The zero-order valence-corrected chi connectivity index (χ0v) is 6.72. The second-order valence-corrected chi connectivity index (χ2v) is 3.01. The van der Waals surface area contributed by atoms with Crippen LogP contribution in [0, 0.1) is 0 Å². The lowest BCUT2D eigenvalue weighted by Gasteiger charge is -2.15. The summed E-state index contributed by atoms with van der Waals surface area (Å²) < 4.78 is 0. The van der Waals surface area contributed by atoms with Crippen molar-refractivity contribution in [2.75, 3.05) is 20.6 Å². The van der Waals surface area contributed by atoms with E-state index in [0.29, 0.717) is 5.78 Å². The van der Waals surface area contributed by atoms with Crippen molar-refractivity contribution in [3.8, 4) is 0 Å². The fourth-order valence-electron chi connectivity index (χ4n) is 1.22. The number of nitrogens with one attached hydrogen (secondary N) is 1. The van der Waals surface area contributed by atoms with E-state index < -0.39 is 0 Å². The third kappa shape index (κ3) is 1.20. The van der Waals surface area contributed by atoms with Crippen LogP contribution >= 0.6 is 0 Å². The molecule has 3 nitrogen and oxygen atoms in total. The molecule has 10 heavy (non-hydrogen) atoms. The van der Waals surface area contributed by atoms with Crippen LogP contribution < -0.4 is 5.32 Å². The van der Waals surface area contributed by atoms with Crippen LogP contribution in [0.5, 0.6) is 0 Å². The lowest BCUT2D eigenvalue weighted by molar-refractivity contribution is -0.121. The molecule has 0 spiro atoms. The van der Waals surface area contributed by atoms with Gasteiger partial charge < -0.3 is 5.32 Å². The zero-order chi connectivity index (χ0) is 7.72. The average Bonchev–Trinajstić information content (AvgIpc) is 2.14. The highest BCUT2D eigenvalue weighted by Gasteiger charge is 2.31. The second-order valence-electron chi connectivity index (χ2n) is 3.01. The van der Waals surface area contributed by atoms with Gasteiger partial charge in [-0.2, -0.15) is 0 Å². The fraction of sp³-hybridized carbons (Fsp3) is 0.857. The van der Waals surface area contributed by atoms with E-state index in [4.69, 9.17) is 0 Å². The summed E-state index contributed by atoms with van der Waals surface area (Å²) in [5.41, 5.74) is 0. The van der Waals surface area contributed by atoms with E-state index in [1.807, 2.05) is 25.9 Å². The number of hydrogen-bond acceptors (Lipinski definition) is 3. The Morgan fingerprint density at radius 1 is 1.60 bits per heavy atom. The third-order valence-electron chi connectivity index (χ3n) is 2.00. The molecule has 1 N–H and O–H groups in total. The van der Waals surface area contributed by atoms with Crippen molar-refractivity contribution in [3.63, 3.8) is 0 Å². The van der Waals surface area contributed by atoms with E-state index in [1.54, 1.807) is 0 Å². The average molecular weight is 142 g/mol. The lowest BCUT2D eigenvalue weighted by atomic mass is 10.1. The van der Waals surface area contributed by atoms with Crippen LogP contribution in [0.2, 0.25) is 0 Å². The maximum Gasteiger partial charge on any atom is 0.167 e. The van der Waals surface area contributed by atoms with Gasteiger partial charge in [-0.15, -0.1) is 0 Å². The number of likely N-dealkylation sites (N-methyl/N-ethyl adjacent to an activating group) is 1. The molecule has 0 aliphatic carbocycles. The Kier molecular flexibility index (Phi) is 2.06. The molecule has 58 valence electrons. The molecule has 1 aliphatic rings. The van der Waals surface area contributed by atoms with Crippen LogP contribution in [0.3, 0.4) is 0 Å². The van der Waals surface area contributed by atoms with Crippen molar-refractivity contribution < 1.29 is 4.79 Å². The summed E-state index contributed by atoms with van der Waals surface area (Å²) in [6, 6.07) is 0.141. The van der Waals surface area contributed by atoms with Crippen LogP contribution in [0.4, 0.5) is 0 Å². The molecule has 0 bridgehead atoms. The minimum absolute atomic E-state index is 0.0485. The molecule has 2 atom stereocenters. The number of hydrogen-bond donors (Lipinski definition) is 1. The molecule has 1 rings (SSSR count). The maximum absolute atomic E-state index is 11.2. The minimum Gasteiger partial charge on any atom is -0.306 e. The molecule has 1 aliphatic heterocycles. The Morgan fingerprint density at radius 3 is 2.40 bits per heavy atom. The first kappa shape index (κ1) is 7.69. The highest BCUT2D eigenvalue weighted by Crippen LogP contribution is 2.05. The predicted molar refractivity (Wildman–Crippen MR) is 39.9 cm³/mol. The molecule has 0 saturated carbocycles. The van der Waals surface area contributed by atoms with Crippen LogP contribution in [-0.4, -0.2) is 43.4 Å². The van der Waals surface area contributed by atoms with Crippen molar-refractivity contribution in [2.45, 2.75) is 19.0 Å². The van der Waals surface area contributed by atoms with E-state index in [2.05, 4.69) is 5.32 Å².